The lowest BCUT2D eigenvalue weighted by Gasteiger charge is -2.31. The van der Waals surface area contributed by atoms with E-state index in [0.717, 1.165) is 6.61 Å². The largest absolute Gasteiger partial charge is 0.375 e. The van der Waals surface area contributed by atoms with Crippen molar-refractivity contribution in [1.29, 1.82) is 0 Å². The Morgan fingerprint density at radius 2 is 1.41 bits per heavy atom. The first-order chi connectivity index (χ1) is 8.36. The summed E-state index contributed by atoms with van der Waals surface area (Å²) in [6.07, 6.45) is 9.71. The maximum atomic E-state index is 6.03. The predicted molar refractivity (Wildman–Crippen MR) is 66.6 cm³/mol. The number of hydrogen-bond acceptors (Lipinski definition) is 3. The zero-order valence-corrected chi connectivity index (χ0v) is 11.0. The lowest BCUT2D eigenvalue weighted by molar-refractivity contribution is -0.329. The molecule has 1 heterocycles. The Morgan fingerprint density at radius 1 is 0.765 bits per heavy atom. The quantitative estimate of drug-likeness (QED) is 0.660. The summed E-state index contributed by atoms with van der Waals surface area (Å²) < 4.78 is 6.03. The number of hydrogen-bond donors (Lipinski definition) is 0. The topological polar surface area (TPSA) is 27.7 Å². The average molecular weight is 242 g/mol. The third-order valence-electron chi connectivity index (χ3n) is 3.94. The SMILES string of the molecule is CC1COOCC(C2CCCCCCC2)OC1. The van der Waals surface area contributed by atoms with E-state index in [1.54, 1.807) is 0 Å². The first kappa shape index (κ1) is 13.3. The van der Waals surface area contributed by atoms with Crippen molar-refractivity contribution in [2.75, 3.05) is 19.8 Å². The lowest BCUT2D eigenvalue weighted by atomic mass is 9.87. The summed E-state index contributed by atoms with van der Waals surface area (Å²) in [5.74, 6) is 1.11. The molecule has 2 fully saturated rings. The average Bonchev–Trinajstić information content (AvgIpc) is 2.25. The van der Waals surface area contributed by atoms with Crippen LogP contribution in [-0.4, -0.2) is 25.9 Å². The van der Waals surface area contributed by atoms with Crippen LogP contribution in [-0.2, 0) is 14.5 Å². The molecule has 0 amide bonds. The van der Waals surface area contributed by atoms with Crippen LogP contribution >= 0.6 is 0 Å². The molecule has 0 spiro atoms. The van der Waals surface area contributed by atoms with Crippen LogP contribution in [0, 0.1) is 11.8 Å². The Kier molecular flexibility index (Phi) is 5.75. The first-order valence-electron chi connectivity index (χ1n) is 7.22. The normalized spacial score (nSPS) is 34.4. The molecular formula is C14H26O3. The molecule has 0 aromatic rings. The van der Waals surface area contributed by atoms with Gasteiger partial charge in [0, 0.05) is 5.92 Å². The van der Waals surface area contributed by atoms with Gasteiger partial charge in [-0.1, -0.05) is 39.0 Å². The highest BCUT2D eigenvalue weighted by molar-refractivity contribution is 4.73. The van der Waals surface area contributed by atoms with Crippen LogP contribution in [0.15, 0.2) is 0 Å². The molecule has 17 heavy (non-hydrogen) atoms. The first-order valence-corrected chi connectivity index (χ1v) is 7.22. The molecule has 2 atom stereocenters. The summed E-state index contributed by atoms with van der Waals surface area (Å²) >= 11 is 0. The molecule has 2 rings (SSSR count). The van der Waals surface area contributed by atoms with Gasteiger partial charge in [-0.25, -0.2) is 9.78 Å². The van der Waals surface area contributed by atoms with Crippen LogP contribution < -0.4 is 0 Å². The van der Waals surface area contributed by atoms with Crippen LogP contribution in [0.2, 0.25) is 0 Å². The van der Waals surface area contributed by atoms with Crippen molar-refractivity contribution < 1.29 is 14.5 Å². The second kappa shape index (κ2) is 7.34. The fraction of sp³-hybridized carbons (Fsp3) is 1.00. The second-order valence-corrected chi connectivity index (χ2v) is 5.65. The van der Waals surface area contributed by atoms with Gasteiger partial charge in [0.15, 0.2) is 0 Å². The Labute approximate surface area is 105 Å². The van der Waals surface area contributed by atoms with Crippen molar-refractivity contribution in [3.63, 3.8) is 0 Å². The molecule has 0 aromatic carbocycles. The van der Waals surface area contributed by atoms with Gasteiger partial charge in [0.25, 0.3) is 0 Å². The zero-order valence-electron chi connectivity index (χ0n) is 11.0. The molecule has 1 aliphatic heterocycles. The fourth-order valence-corrected chi connectivity index (χ4v) is 2.80. The summed E-state index contributed by atoms with van der Waals surface area (Å²) in [6.45, 7) is 4.21. The van der Waals surface area contributed by atoms with Gasteiger partial charge in [-0.2, -0.15) is 0 Å². The number of ether oxygens (including phenoxy) is 1. The molecule has 3 heteroatoms. The zero-order chi connectivity index (χ0) is 11.9. The Hall–Kier alpha value is -0.120. The smallest absolute Gasteiger partial charge is 0.109 e. The highest BCUT2D eigenvalue weighted by Crippen LogP contribution is 2.27. The summed E-state index contributed by atoms with van der Waals surface area (Å²) in [7, 11) is 0. The van der Waals surface area contributed by atoms with Gasteiger partial charge in [-0.15, -0.1) is 0 Å². The van der Waals surface area contributed by atoms with E-state index in [1.165, 1.54) is 44.9 Å². The molecule has 0 bridgehead atoms. The van der Waals surface area contributed by atoms with E-state index in [0.29, 0.717) is 25.0 Å². The molecule has 3 nitrogen and oxygen atoms in total. The minimum Gasteiger partial charge on any atom is -0.375 e. The van der Waals surface area contributed by atoms with E-state index >= 15 is 0 Å². The van der Waals surface area contributed by atoms with E-state index in [4.69, 9.17) is 14.5 Å². The predicted octanol–water partition coefficient (Wildman–Crippen LogP) is 3.33. The van der Waals surface area contributed by atoms with Crippen molar-refractivity contribution in [2.45, 2.75) is 58.0 Å². The van der Waals surface area contributed by atoms with Gasteiger partial charge in [-0.05, 0) is 18.8 Å². The molecule has 2 aliphatic rings. The van der Waals surface area contributed by atoms with Crippen molar-refractivity contribution in [3.8, 4) is 0 Å². The van der Waals surface area contributed by atoms with E-state index in [1.807, 2.05) is 0 Å². The third-order valence-corrected chi connectivity index (χ3v) is 3.94. The number of rotatable bonds is 1. The molecule has 0 N–H and O–H groups in total. The molecular weight excluding hydrogens is 216 g/mol. The molecule has 100 valence electrons. The standard InChI is InChI=1S/C14H26O3/c1-12-9-15-14(11-17-16-10-12)13-7-5-3-2-4-6-8-13/h12-14H,2-11H2,1H3. The van der Waals surface area contributed by atoms with Gasteiger partial charge in [-0.3, -0.25) is 0 Å². The van der Waals surface area contributed by atoms with Crippen LogP contribution in [0.3, 0.4) is 0 Å². The molecule has 2 unspecified atom stereocenters. The van der Waals surface area contributed by atoms with Crippen LogP contribution in [0.1, 0.15) is 51.9 Å². The minimum atomic E-state index is 0.246. The van der Waals surface area contributed by atoms with Crippen molar-refractivity contribution >= 4 is 0 Å². The van der Waals surface area contributed by atoms with Gasteiger partial charge in [0.2, 0.25) is 0 Å². The molecule has 0 aromatic heterocycles. The monoisotopic (exact) mass is 242 g/mol. The maximum absolute atomic E-state index is 6.03. The fourth-order valence-electron chi connectivity index (χ4n) is 2.80. The van der Waals surface area contributed by atoms with Crippen molar-refractivity contribution in [3.05, 3.63) is 0 Å². The summed E-state index contributed by atoms with van der Waals surface area (Å²) in [6, 6.07) is 0. The van der Waals surface area contributed by atoms with E-state index < -0.39 is 0 Å². The maximum Gasteiger partial charge on any atom is 0.109 e. The third kappa shape index (κ3) is 4.57. The summed E-state index contributed by atoms with van der Waals surface area (Å²) in [5, 5.41) is 0. The van der Waals surface area contributed by atoms with E-state index in [9.17, 15) is 0 Å². The van der Waals surface area contributed by atoms with Gasteiger partial charge in [0.1, 0.15) is 6.61 Å². The molecule has 1 aliphatic carbocycles. The van der Waals surface area contributed by atoms with Gasteiger partial charge in [0.05, 0.1) is 19.3 Å². The second-order valence-electron chi connectivity index (χ2n) is 5.65. The van der Waals surface area contributed by atoms with Crippen molar-refractivity contribution in [2.24, 2.45) is 11.8 Å². The van der Waals surface area contributed by atoms with Crippen LogP contribution in [0.25, 0.3) is 0 Å². The van der Waals surface area contributed by atoms with Crippen LogP contribution in [0.5, 0.6) is 0 Å². The van der Waals surface area contributed by atoms with E-state index in [-0.39, 0.29) is 6.10 Å². The Bertz CT molecular complexity index is 200. The summed E-state index contributed by atoms with van der Waals surface area (Å²) in [4.78, 5) is 10.4. The van der Waals surface area contributed by atoms with Gasteiger partial charge >= 0.3 is 0 Å². The van der Waals surface area contributed by atoms with Crippen molar-refractivity contribution in [1.82, 2.24) is 0 Å². The molecule has 0 radical (unpaired) electrons. The Morgan fingerprint density at radius 3 is 2.18 bits per heavy atom. The highest BCUT2D eigenvalue weighted by atomic mass is 17.2. The van der Waals surface area contributed by atoms with Crippen LogP contribution in [0.4, 0.5) is 0 Å². The van der Waals surface area contributed by atoms with Gasteiger partial charge < -0.3 is 4.74 Å². The summed E-state index contributed by atoms with van der Waals surface area (Å²) in [5.41, 5.74) is 0. The molecule has 1 saturated carbocycles. The lowest BCUT2D eigenvalue weighted by Crippen LogP contribution is -2.34. The van der Waals surface area contributed by atoms with E-state index in [2.05, 4.69) is 6.92 Å². The minimum absolute atomic E-state index is 0.246. The highest BCUT2D eigenvalue weighted by Gasteiger charge is 2.25. The Balaban J connectivity index is 1.83. The molecule has 1 saturated heterocycles.